The van der Waals surface area contributed by atoms with Gasteiger partial charge in [0.1, 0.15) is 0 Å². The maximum absolute atomic E-state index is 12.1. The molecule has 1 aliphatic rings. The predicted octanol–water partition coefficient (Wildman–Crippen LogP) is 2.93. The second-order valence-electron chi connectivity index (χ2n) is 5.75. The highest BCUT2D eigenvalue weighted by atomic mass is 35.5. The molecule has 4 nitrogen and oxygen atoms in total. The smallest absolute Gasteiger partial charge is 0.224 e. The Bertz CT molecular complexity index is 543. The van der Waals surface area contributed by atoms with Crippen molar-refractivity contribution in [1.82, 2.24) is 9.47 Å². The first-order chi connectivity index (χ1) is 9.91. The molecule has 0 saturated carbocycles. The van der Waals surface area contributed by atoms with Crippen LogP contribution >= 0.6 is 11.6 Å². The van der Waals surface area contributed by atoms with E-state index in [1.165, 1.54) is 0 Å². The number of halogens is 1. The van der Waals surface area contributed by atoms with Gasteiger partial charge in [-0.15, -0.1) is 11.6 Å². The second kappa shape index (κ2) is 6.65. The molecule has 1 unspecified atom stereocenters. The zero-order valence-electron chi connectivity index (χ0n) is 13.0. The summed E-state index contributed by atoms with van der Waals surface area (Å²) in [7, 11) is 0. The largest absolute Gasteiger partial charge is 0.348 e. The van der Waals surface area contributed by atoms with Crippen molar-refractivity contribution in [2.24, 2.45) is 0 Å². The van der Waals surface area contributed by atoms with E-state index in [2.05, 4.69) is 0 Å². The summed E-state index contributed by atoms with van der Waals surface area (Å²) in [5.41, 5.74) is 2.57. The zero-order valence-corrected chi connectivity index (χ0v) is 13.7. The van der Waals surface area contributed by atoms with Crippen LogP contribution in [0.1, 0.15) is 47.9 Å². The third-order valence-corrected chi connectivity index (χ3v) is 4.41. The average molecular weight is 311 g/mol. The van der Waals surface area contributed by atoms with Gasteiger partial charge in [-0.05, 0) is 39.7 Å². The molecule has 1 saturated heterocycles. The van der Waals surface area contributed by atoms with Crippen molar-refractivity contribution in [3.05, 3.63) is 23.0 Å². The van der Waals surface area contributed by atoms with Gasteiger partial charge in [-0.25, -0.2) is 0 Å². The minimum Gasteiger partial charge on any atom is -0.348 e. The van der Waals surface area contributed by atoms with Gasteiger partial charge in [-0.3, -0.25) is 9.59 Å². The molecular formula is C16H23ClN2O2. The summed E-state index contributed by atoms with van der Waals surface area (Å²) >= 11 is 5.89. The normalized spacial score (nSPS) is 16.3. The van der Waals surface area contributed by atoms with Crippen LogP contribution in [0.25, 0.3) is 0 Å². The van der Waals surface area contributed by atoms with E-state index in [-0.39, 0.29) is 11.7 Å². The van der Waals surface area contributed by atoms with Crippen molar-refractivity contribution in [2.45, 2.75) is 52.0 Å². The standard InChI is InChI=1S/C16H23ClN2O2/c1-11-10-14(16(21)12(2)17)13(3)19(11)9-6-15(20)18-7-4-5-8-18/h10,12H,4-9H2,1-3H3. The van der Waals surface area contributed by atoms with Crippen LogP contribution in [-0.4, -0.2) is 39.6 Å². The molecule has 1 aromatic rings. The van der Waals surface area contributed by atoms with E-state index in [1.807, 2.05) is 29.4 Å². The Morgan fingerprint density at radius 2 is 1.90 bits per heavy atom. The molecule has 1 aromatic heterocycles. The van der Waals surface area contributed by atoms with E-state index in [0.717, 1.165) is 37.3 Å². The molecule has 21 heavy (non-hydrogen) atoms. The van der Waals surface area contributed by atoms with Crippen molar-refractivity contribution < 1.29 is 9.59 Å². The van der Waals surface area contributed by atoms with Gasteiger partial charge in [-0.2, -0.15) is 0 Å². The molecule has 2 heterocycles. The highest BCUT2D eigenvalue weighted by Gasteiger charge is 2.21. The van der Waals surface area contributed by atoms with Crippen LogP contribution in [0.15, 0.2) is 6.07 Å². The van der Waals surface area contributed by atoms with Gasteiger partial charge in [0.15, 0.2) is 5.78 Å². The molecule has 2 rings (SSSR count). The Labute approximate surface area is 131 Å². The molecule has 0 bridgehead atoms. The number of aryl methyl sites for hydroxylation is 1. The summed E-state index contributed by atoms with van der Waals surface area (Å²) in [5.74, 6) is 0.153. The fourth-order valence-corrected chi connectivity index (χ4v) is 3.06. The molecule has 0 spiro atoms. The van der Waals surface area contributed by atoms with E-state index in [1.54, 1.807) is 6.92 Å². The molecule has 0 radical (unpaired) electrons. The molecule has 0 aliphatic carbocycles. The number of alkyl halides is 1. The lowest BCUT2D eigenvalue weighted by atomic mass is 10.1. The number of carbonyl (C=O) groups excluding carboxylic acids is 2. The quantitative estimate of drug-likeness (QED) is 0.620. The van der Waals surface area contributed by atoms with Crippen LogP contribution in [-0.2, 0) is 11.3 Å². The number of hydrogen-bond acceptors (Lipinski definition) is 2. The summed E-state index contributed by atoms with van der Waals surface area (Å²) in [5, 5.41) is -0.523. The zero-order chi connectivity index (χ0) is 15.6. The molecule has 1 fully saturated rings. The highest BCUT2D eigenvalue weighted by molar-refractivity contribution is 6.33. The number of amides is 1. The molecular weight excluding hydrogens is 288 g/mol. The topological polar surface area (TPSA) is 42.3 Å². The van der Waals surface area contributed by atoms with Gasteiger partial charge in [0.05, 0.1) is 5.38 Å². The maximum Gasteiger partial charge on any atom is 0.224 e. The molecule has 1 atom stereocenters. The summed E-state index contributed by atoms with van der Waals surface area (Å²) in [6.07, 6.45) is 2.71. The van der Waals surface area contributed by atoms with Crippen LogP contribution in [0, 0.1) is 13.8 Å². The molecule has 116 valence electrons. The van der Waals surface area contributed by atoms with Gasteiger partial charge >= 0.3 is 0 Å². The molecule has 5 heteroatoms. The van der Waals surface area contributed by atoms with Gasteiger partial charge < -0.3 is 9.47 Å². The number of ketones is 1. The fourth-order valence-electron chi connectivity index (χ4n) is 2.94. The lowest BCUT2D eigenvalue weighted by molar-refractivity contribution is -0.130. The Kier molecular flexibility index (Phi) is 5.09. The highest BCUT2D eigenvalue weighted by Crippen LogP contribution is 2.19. The Balaban J connectivity index is 2.06. The predicted molar refractivity (Wildman–Crippen MR) is 84.0 cm³/mol. The lowest BCUT2D eigenvalue weighted by Crippen LogP contribution is -2.28. The van der Waals surface area contributed by atoms with Crippen molar-refractivity contribution in [3.63, 3.8) is 0 Å². The minimum absolute atomic E-state index is 0.0538. The monoisotopic (exact) mass is 310 g/mol. The van der Waals surface area contributed by atoms with Gasteiger partial charge in [0.25, 0.3) is 0 Å². The number of Topliss-reactive ketones (excluding diaryl/α,β-unsaturated/α-hetero) is 1. The number of rotatable bonds is 5. The van der Waals surface area contributed by atoms with Crippen LogP contribution in [0.5, 0.6) is 0 Å². The van der Waals surface area contributed by atoms with E-state index in [9.17, 15) is 9.59 Å². The second-order valence-corrected chi connectivity index (χ2v) is 6.41. The van der Waals surface area contributed by atoms with E-state index >= 15 is 0 Å². The van der Waals surface area contributed by atoms with Gasteiger partial charge in [0.2, 0.25) is 5.91 Å². The number of carbonyl (C=O) groups is 2. The first-order valence-electron chi connectivity index (χ1n) is 7.54. The van der Waals surface area contributed by atoms with Crippen LogP contribution in [0.3, 0.4) is 0 Å². The SMILES string of the molecule is Cc1cc(C(=O)C(C)Cl)c(C)n1CCC(=O)N1CCCC1. The molecule has 0 aromatic carbocycles. The first kappa shape index (κ1) is 16.1. The van der Waals surface area contributed by atoms with E-state index in [0.29, 0.717) is 18.5 Å². The average Bonchev–Trinajstić information content (AvgIpc) is 3.05. The van der Waals surface area contributed by atoms with Crippen molar-refractivity contribution in [3.8, 4) is 0 Å². The summed E-state index contributed by atoms with van der Waals surface area (Å²) in [6.45, 7) is 7.96. The number of likely N-dealkylation sites (tertiary alicyclic amines) is 1. The molecule has 1 aliphatic heterocycles. The number of aromatic nitrogens is 1. The number of hydrogen-bond donors (Lipinski definition) is 0. The van der Waals surface area contributed by atoms with Crippen LogP contribution < -0.4 is 0 Å². The number of nitrogens with zero attached hydrogens (tertiary/aromatic N) is 2. The van der Waals surface area contributed by atoms with E-state index < -0.39 is 5.38 Å². The van der Waals surface area contributed by atoms with Crippen LogP contribution in [0.2, 0.25) is 0 Å². The van der Waals surface area contributed by atoms with Crippen molar-refractivity contribution in [1.29, 1.82) is 0 Å². The van der Waals surface area contributed by atoms with Gasteiger partial charge in [-0.1, -0.05) is 0 Å². The van der Waals surface area contributed by atoms with E-state index in [4.69, 9.17) is 11.6 Å². The Morgan fingerprint density at radius 1 is 1.29 bits per heavy atom. The molecule has 1 amide bonds. The third kappa shape index (κ3) is 3.49. The minimum atomic E-state index is -0.523. The maximum atomic E-state index is 12.1. The first-order valence-corrected chi connectivity index (χ1v) is 7.98. The Morgan fingerprint density at radius 3 is 2.48 bits per heavy atom. The Hall–Kier alpha value is -1.29. The van der Waals surface area contributed by atoms with Gasteiger partial charge in [0, 0.05) is 43.0 Å². The third-order valence-electron chi connectivity index (χ3n) is 4.21. The van der Waals surface area contributed by atoms with Crippen molar-refractivity contribution in [2.75, 3.05) is 13.1 Å². The fraction of sp³-hybridized carbons (Fsp3) is 0.625. The van der Waals surface area contributed by atoms with Crippen molar-refractivity contribution >= 4 is 23.3 Å². The summed E-state index contributed by atoms with van der Waals surface area (Å²) < 4.78 is 2.04. The molecule has 0 N–H and O–H groups in total. The summed E-state index contributed by atoms with van der Waals surface area (Å²) in [6, 6.07) is 1.87. The van der Waals surface area contributed by atoms with Crippen LogP contribution in [0.4, 0.5) is 0 Å². The summed E-state index contributed by atoms with van der Waals surface area (Å²) in [4.78, 5) is 26.1. The lowest BCUT2D eigenvalue weighted by Gasteiger charge is -2.16.